The number of hydrogen-bond acceptors (Lipinski definition) is 5. The van der Waals surface area contributed by atoms with E-state index in [0.29, 0.717) is 56.6 Å². The Labute approximate surface area is 214 Å². The molecule has 6 nitrogen and oxygen atoms in total. The molecule has 1 atom stereocenters. The van der Waals surface area contributed by atoms with Gasteiger partial charge in [-0.1, -0.05) is 48.5 Å². The van der Waals surface area contributed by atoms with Crippen LogP contribution >= 0.6 is 0 Å². The summed E-state index contributed by atoms with van der Waals surface area (Å²) in [6.07, 6.45) is -3.38. The summed E-state index contributed by atoms with van der Waals surface area (Å²) in [7, 11) is 0. The van der Waals surface area contributed by atoms with Crippen LogP contribution in [0.2, 0.25) is 0 Å². The van der Waals surface area contributed by atoms with Crippen LogP contribution in [0.15, 0.2) is 54.6 Å². The average Bonchev–Trinajstić information content (AvgIpc) is 3.45. The molecule has 3 heterocycles. The van der Waals surface area contributed by atoms with Crippen molar-refractivity contribution >= 4 is 11.7 Å². The van der Waals surface area contributed by atoms with Gasteiger partial charge in [0.05, 0.1) is 18.1 Å². The Morgan fingerprint density at radius 3 is 2.46 bits per heavy atom. The molecule has 0 radical (unpaired) electrons. The molecule has 1 aromatic heterocycles. The maximum absolute atomic E-state index is 13.3. The van der Waals surface area contributed by atoms with Crippen molar-refractivity contribution in [2.24, 2.45) is 5.92 Å². The first-order chi connectivity index (χ1) is 17.8. The van der Waals surface area contributed by atoms with Crippen molar-refractivity contribution in [3.05, 3.63) is 77.0 Å². The summed E-state index contributed by atoms with van der Waals surface area (Å²) in [6, 6.07) is 15.0. The largest absolute Gasteiger partial charge is 0.416 e. The number of anilines is 1. The first-order valence-corrected chi connectivity index (χ1v) is 12.5. The molecule has 2 aromatic carbocycles. The SMILES string of the molecule is Cc1nc(-c2ccccc2)nc(N2CCN(C(=O)[C@H]3CCOC3)CC2)c1Cc1cccc(C(F)(F)F)c1. The van der Waals surface area contributed by atoms with Gasteiger partial charge in [-0.05, 0) is 25.0 Å². The normalized spacial score (nSPS) is 18.3. The lowest BCUT2D eigenvalue weighted by Crippen LogP contribution is -2.51. The molecule has 1 amide bonds. The van der Waals surface area contributed by atoms with Crippen molar-refractivity contribution in [2.45, 2.75) is 25.9 Å². The van der Waals surface area contributed by atoms with Crippen molar-refractivity contribution in [3.63, 3.8) is 0 Å². The molecule has 2 aliphatic heterocycles. The van der Waals surface area contributed by atoms with E-state index in [1.807, 2.05) is 42.2 Å². The quantitative estimate of drug-likeness (QED) is 0.496. The van der Waals surface area contributed by atoms with Crippen molar-refractivity contribution in [2.75, 3.05) is 44.3 Å². The number of alkyl halides is 3. The molecule has 0 N–H and O–H groups in total. The molecule has 0 aliphatic carbocycles. The third kappa shape index (κ3) is 5.61. The number of aryl methyl sites for hydroxylation is 1. The fourth-order valence-electron chi connectivity index (χ4n) is 4.95. The molecule has 2 aliphatic rings. The van der Waals surface area contributed by atoms with Gasteiger partial charge >= 0.3 is 6.18 Å². The Morgan fingerprint density at radius 2 is 1.78 bits per heavy atom. The van der Waals surface area contributed by atoms with E-state index in [1.54, 1.807) is 6.07 Å². The fourth-order valence-corrected chi connectivity index (χ4v) is 4.95. The van der Waals surface area contributed by atoms with Crippen LogP contribution < -0.4 is 4.90 Å². The van der Waals surface area contributed by atoms with Crippen molar-refractivity contribution in [3.8, 4) is 11.4 Å². The molecule has 0 saturated carbocycles. The first-order valence-electron chi connectivity index (χ1n) is 12.5. The van der Waals surface area contributed by atoms with Crippen LogP contribution in [0.25, 0.3) is 11.4 Å². The maximum atomic E-state index is 13.3. The second-order valence-electron chi connectivity index (χ2n) is 9.55. The van der Waals surface area contributed by atoms with E-state index < -0.39 is 11.7 Å². The Bertz CT molecular complexity index is 1250. The number of carbonyl (C=O) groups excluding carboxylic acids is 1. The molecule has 37 heavy (non-hydrogen) atoms. The molecule has 9 heteroatoms. The van der Waals surface area contributed by atoms with Gasteiger partial charge in [0.25, 0.3) is 0 Å². The zero-order valence-corrected chi connectivity index (χ0v) is 20.7. The van der Waals surface area contributed by atoms with Crippen molar-refractivity contribution in [1.29, 1.82) is 0 Å². The minimum atomic E-state index is -4.41. The van der Waals surface area contributed by atoms with E-state index in [9.17, 15) is 18.0 Å². The number of halogens is 3. The minimum absolute atomic E-state index is 0.0750. The van der Waals surface area contributed by atoms with Crippen molar-refractivity contribution in [1.82, 2.24) is 14.9 Å². The van der Waals surface area contributed by atoms with E-state index in [2.05, 4.69) is 4.90 Å². The number of benzene rings is 2. The highest BCUT2D eigenvalue weighted by Crippen LogP contribution is 2.32. The van der Waals surface area contributed by atoms with Crippen molar-refractivity contribution < 1.29 is 22.7 Å². The molecule has 3 aromatic rings. The number of carbonyl (C=O) groups is 1. The predicted octanol–water partition coefficient (Wildman–Crippen LogP) is 4.75. The Balaban J connectivity index is 1.45. The highest BCUT2D eigenvalue weighted by molar-refractivity contribution is 5.79. The van der Waals surface area contributed by atoms with Crippen LogP contribution in [0, 0.1) is 12.8 Å². The lowest BCUT2D eigenvalue weighted by Gasteiger charge is -2.37. The van der Waals surface area contributed by atoms with Crippen LogP contribution in [-0.2, 0) is 22.1 Å². The average molecular weight is 511 g/mol. The Hall–Kier alpha value is -3.46. The second-order valence-corrected chi connectivity index (χ2v) is 9.55. The summed E-state index contributed by atoms with van der Waals surface area (Å²) < 4.78 is 45.4. The number of hydrogen-bond donors (Lipinski definition) is 0. The Morgan fingerprint density at radius 1 is 1.03 bits per heavy atom. The van der Waals surface area contributed by atoms with Gasteiger partial charge in [-0.3, -0.25) is 4.79 Å². The van der Waals surface area contributed by atoms with Gasteiger partial charge in [-0.15, -0.1) is 0 Å². The number of aromatic nitrogens is 2. The molecule has 2 saturated heterocycles. The summed E-state index contributed by atoms with van der Waals surface area (Å²) in [6.45, 7) is 5.26. The van der Waals surface area contributed by atoms with Crippen LogP contribution in [0.5, 0.6) is 0 Å². The van der Waals surface area contributed by atoms with Gasteiger partial charge in [0.2, 0.25) is 5.91 Å². The fraction of sp³-hybridized carbons (Fsp3) is 0.393. The smallest absolute Gasteiger partial charge is 0.381 e. The highest BCUT2D eigenvalue weighted by atomic mass is 19.4. The standard InChI is InChI=1S/C28H29F3N4O2/c1-19-24(17-20-6-5-9-23(16-20)28(29,30)31)26(33-25(32-19)21-7-3-2-4-8-21)34-11-13-35(14-12-34)27(36)22-10-15-37-18-22/h2-9,16,22H,10-15,17-18H2,1H3/t22-/m0/s1. The van der Waals surface area contributed by atoms with E-state index in [-0.39, 0.29) is 18.2 Å². The summed E-state index contributed by atoms with van der Waals surface area (Å²) in [5.74, 6) is 1.33. The molecule has 194 valence electrons. The molecule has 0 spiro atoms. The summed E-state index contributed by atoms with van der Waals surface area (Å²) >= 11 is 0. The number of nitrogens with zero attached hydrogens (tertiary/aromatic N) is 4. The zero-order valence-electron chi connectivity index (χ0n) is 20.7. The van der Waals surface area contributed by atoms with Gasteiger partial charge in [0.15, 0.2) is 5.82 Å². The summed E-state index contributed by atoms with van der Waals surface area (Å²) in [5.41, 5.74) is 2.26. The van der Waals surface area contributed by atoms with E-state index >= 15 is 0 Å². The van der Waals surface area contributed by atoms with Gasteiger partial charge in [-0.25, -0.2) is 9.97 Å². The molecular formula is C28H29F3N4O2. The lowest BCUT2D eigenvalue weighted by molar-refractivity contribution is -0.137. The minimum Gasteiger partial charge on any atom is -0.381 e. The van der Waals surface area contributed by atoms with Crippen LogP contribution in [-0.4, -0.2) is 60.2 Å². The van der Waals surface area contributed by atoms with Crippen LogP contribution in [0.1, 0.15) is 28.8 Å². The van der Waals surface area contributed by atoms with E-state index in [1.165, 1.54) is 12.1 Å². The second kappa shape index (κ2) is 10.5. The third-order valence-electron chi connectivity index (χ3n) is 7.03. The zero-order chi connectivity index (χ0) is 26.0. The molecule has 0 unspecified atom stereocenters. The number of amides is 1. The van der Waals surface area contributed by atoms with Crippen LogP contribution in [0.3, 0.4) is 0 Å². The number of piperazine rings is 1. The topological polar surface area (TPSA) is 58.6 Å². The van der Waals surface area contributed by atoms with Gasteiger partial charge < -0.3 is 14.5 Å². The summed E-state index contributed by atoms with van der Waals surface area (Å²) in [4.78, 5) is 26.5. The highest BCUT2D eigenvalue weighted by Gasteiger charge is 2.32. The predicted molar refractivity (Wildman–Crippen MR) is 134 cm³/mol. The van der Waals surface area contributed by atoms with E-state index in [0.717, 1.165) is 29.3 Å². The molecular weight excluding hydrogens is 481 g/mol. The first kappa shape index (κ1) is 25.2. The molecule has 0 bridgehead atoms. The van der Waals surface area contributed by atoms with Gasteiger partial charge in [0.1, 0.15) is 5.82 Å². The molecule has 2 fully saturated rings. The van der Waals surface area contributed by atoms with Gasteiger partial charge in [-0.2, -0.15) is 13.2 Å². The number of rotatable bonds is 5. The molecule has 5 rings (SSSR count). The van der Waals surface area contributed by atoms with Gasteiger partial charge in [0, 0.05) is 56.0 Å². The third-order valence-corrected chi connectivity index (χ3v) is 7.03. The Kier molecular flexibility index (Phi) is 7.15. The van der Waals surface area contributed by atoms with E-state index in [4.69, 9.17) is 14.7 Å². The monoisotopic (exact) mass is 510 g/mol. The summed E-state index contributed by atoms with van der Waals surface area (Å²) in [5, 5.41) is 0. The van der Waals surface area contributed by atoms with Crippen LogP contribution in [0.4, 0.5) is 19.0 Å². The lowest BCUT2D eigenvalue weighted by atomic mass is 10.0. The maximum Gasteiger partial charge on any atom is 0.416 e. The number of ether oxygens (including phenoxy) is 1.